The molecule has 0 bridgehead atoms. The van der Waals surface area contributed by atoms with Crippen molar-refractivity contribution in [2.45, 2.75) is 13.8 Å². The highest BCUT2D eigenvalue weighted by Crippen LogP contribution is 2.35. The molecule has 9 heteroatoms. The van der Waals surface area contributed by atoms with Crippen molar-refractivity contribution in [3.8, 4) is 11.8 Å². The van der Waals surface area contributed by atoms with E-state index < -0.39 is 5.97 Å². The number of hydrogen-bond donors (Lipinski definition) is 2. The van der Waals surface area contributed by atoms with Gasteiger partial charge in [-0.3, -0.25) is 0 Å². The topological polar surface area (TPSA) is 110 Å². The monoisotopic (exact) mass is 346 g/mol. The molecule has 24 heavy (non-hydrogen) atoms. The number of rotatable bonds is 3. The Bertz CT molecular complexity index is 954. The summed E-state index contributed by atoms with van der Waals surface area (Å²) in [6.45, 7) is 3.59. The van der Waals surface area contributed by atoms with E-state index in [2.05, 4.69) is 15.3 Å². The number of carbonyl (C=O) groups is 1. The van der Waals surface area contributed by atoms with Crippen LogP contribution in [0, 0.1) is 6.92 Å². The minimum absolute atomic E-state index is 0.0922. The lowest BCUT2D eigenvalue weighted by molar-refractivity contribution is 0.0530. The summed E-state index contributed by atoms with van der Waals surface area (Å²) < 4.78 is 5.92. The number of esters is 1. The number of fused-ring (bicyclic) bond motifs is 1. The second kappa shape index (κ2) is 6.28. The van der Waals surface area contributed by atoms with Gasteiger partial charge in [-0.15, -0.1) is 10.2 Å². The van der Waals surface area contributed by atoms with Crippen molar-refractivity contribution in [3.63, 3.8) is 0 Å². The van der Waals surface area contributed by atoms with Crippen LogP contribution in [-0.2, 0) is 4.74 Å². The van der Waals surface area contributed by atoms with Gasteiger partial charge in [0, 0.05) is 10.8 Å². The fourth-order valence-corrected chi connectivity index (χ4v) is 2.87. The predicted molar refractivity (Wildman–Crippen MR) is 86.8 cm³/mol. The summed E-state index contributed by atoms with van der Waals surface area (Å²) in [7, 11) is 0. The van der Waals surface area contributed by atoms with Gasteiger partial charge in [-0.2, -0.15) is 9.77 Å². The second-order valence-corrected chi connectivity index (χ2v) is 5.80. The van der Waals surface area contributed by atoms with E-state index >= 15 is 0 Å². The molecule has 0 amide bonds. The Balaban J connectivity index is 2.16. The first-order valence-corrected chi connectivity index (χ1v) is 7.92. The van der Waals surface area contributed by atoms with E-state index in [0.717, 1.165) is 16.0 Å². The number of ether oxygens (including phenoxy) is 1. The van der Waals surface area contributed by atoms with Gasteiger partial charge in [0.15, 0.2) is 0 Å². The minimum atomic E-state index is -0.516. The molecule has 2 aromatic heterocycles. The Kier molecular flexibility index (Phi) is 4.17. The standard InChI is InChI=1S/C15H14N4O4S/c1-3-23-14(22)11-8(2)16-17-15(24-11)18-19-12(20)9-6-4-5-7-10(9)13(19)21/h4-7,20-21H,3H2,1-2H3/b18-15-. The highest BCUT2D eigenvalue weighted by Gasteiger charge is 2.16. The van der Waals surface area contributed by atoms with Crippen LogP contribution in [0.5, 0.6) is 11.8 Å². The van der Waals surface area contributed by atoms with E-state index in [-0.39, 0.29) is 28.0 Å². The maximum absolute atomic E-state index is 11.9. The molecule has 3 rings (SSSR count). The van der Waals surface area contributed by atoms with Crippen LogP contribution in [0.3, 0.4) is 0 Å². The van der Waals surface area contributed by atoms with Crippen LogP contribution in [-0.4, -0.2) is 37.7 Å². The van der Waals surface area contributed by atoms with Crippen LogP contribution >= 0.6 is 11.3 Å². The Labute approximate surface area is 140 Å². The molecular weight excluding hydrogens is 332 g/mol. The number of benzene rings is 1. The van der Waals surface area contributed by atoms with Gasteiger partial charge in [-0.05, 0) is 26.0 Å². The van der Waals surface area contributed by atoms with Crippen LogP contribution in [0.2, 0.25) is 0 Å². The van der Waals surface area contributed by atoms with Gasteiger partial charge in [-0.25, -0.2) is 4.79 Å². The molecule has 0 aliphatic carbocycles. The van der Waals surface area contributed by atoms with E-state index in [1.807, 2.05) is 0 Å². The number of aryl methyl sites for hydroxylation is 1. The molecule has 0 fully saturated rings. The second-order valence-electron chi connectivity index (χ2n) is 4.82. The van der Waals surface area contributed by atoms with Crippen molar-refractivity contribution in [2.75, 3.05) is 6.61 Å². The van der Waals surface area contributed by atoms with E-state index in [1.165, 1.54) is 0 Å². The Morgan fingerprint density at radius 1 is 1.25 bits per heavy atom. The number of aromatic nitrogens is 3. The van der Waals surface area contributed by atoms with E-state index in [4.69, 9.17) is 4.74 Å². The minimum Gasteiger partial charge on any atom is -0.493 e. The first-order chi connectivity index (χ1) is 11.5. The zero-order chi connectivity index (χ0) is 17.3. The molecule has 0 saturated carbocycles. The molecule has 0 aliphatic rings. The lowest BCUT2D eigenvalue weighted by atomic mass is 10.2. The van der Waals surface area contributed by atoms with Gasteiger partial charge in [0.2, 0.25) is 16.6 Å². The maximum Gasteiger partial charge on any atom is 0.350 e. The molecule has 1 aromatic carbocycles. The summed E-state index contributed by atoms with van der Waals surface area (Å²) in [6, 6.07) is 6.79. The highest BCUT2D eigenvalue weighted by atomic mass is 32.1. The van der Waals surface area contributed by atoms with Gasteiger partial charge in [0.1, 0.15) is 4.88 Å². The molecule has 2 N–H and O–H groups in total. The SMILES string of the molecule is CCOC(=O)c1s/c(=N\n2c(O)c3ccccc3c2O)nnc1C. The molecule has 0 unspecified atom stereocenters. The van der Waals surface area contributed by atoms with Crippen LogP contribution in [0.25, 0.3) is 10.8 Å². The highest BCUT2D eigenvalue weighted by molar-refractivity contribution is 7.11. The molecule has 0 spiro atoms. The Hall–Kier alpha value is -2.94. The van der Waals surface area contributed by atoms with Gasteiger partial charge >= 0.3 is 5.97 Å². The number of carbonyl (C=O) groups excluding carboxylic acids is 1. The smallest absolute Gasteiger partial charge is 0.350 e. The lowest BCUT2D eigenvalue weighted by Gasteiger charge is -2.02. The molecule has 2 heterocycles. The Morgan fingerprint density at radius 2 is 1.88 bits per heavy atom. The van der Waals surface area contributed by atoms with E-state index in [1.54, 1.807) is 38.1 Å². The van der Waals surface area contributed by atoms with Gasteiger partial charge in [0.25, 0.3) is 0 Å². The average Bonchev–Trinajstić information content (AvgIpc) is 2.82. The number of aromatic hydroxyl groups is 2. The van der Waals surface area contributed by atoms with Crippen molar-refractivity contribution in [1.82, 2.24) is 14.9 Å². The predicted octanol–water partition coefficient (Wildman–Crippen LogP) is 1.75. The summed E-state index contributed by atoms with van der Waals surface area (Å²) in [4.78, 5) is 12.3. The van der Waals surface area contributed by atoms with E-state index in [0.29, 0.717) is 16.5 Å². The molecule has 0 saturated heterocycles. The van der Waals surface area contributed by atoms with Crippen molar-refractivity contribution in [3.05, 3.63) is 39.6 Å². The molecule has 124 valence electrons. The first-order valence-electron chi connectivity index (χ1n) is 7.10. The third-order valence-corrected chi connectivity index (χ3v) is 4.28. The first kappa shape index (κ1) is 15.9. The van der Waals surface area contributed by atoms with Crippen molar-refractivity contribution in [1.29, 1.82) is 0 Å². The fourth-order valence-electron chi connectivity index (χ4n) is 2.16. The summed E-state index contributed by atoms with van der Waals surface area (Å²) >= 11 is 0.961. The molecule has 0 atom stereocenters. The normalized spacial score (nSPS) is 11.8. The largest absolute Gasteiger partial charge is 0.493 e. The van der Waals surface area contributed by atoms with Crippen molar-refractivity contribution in [2.24, 2.45) is 5.10 Å². The third kappa shape index (κ3) is 2.69. The zero-order valence-corrected chi connectivity index (χ0v) is 13.7. The molecule has 0 aliphatic heterocycles. The molecule has 3 aromatic rings. The van der Waals surface area contributed by atoms with Crippen molar-refractivity contribution >= 4 is 28.1 Å². The summed E-state index contributed by atoms with van der Waals surface area (Å²) in [5.74, 6) is -0.969. The quantitative estimate of drug-likeness (QED) is 0.699. The Morgan fingerprint density at radius 3 is 2.46 bits per heavy atom. The van der Waals surface area contributed by atoms with E-state index in [9.17, 15) is 15.0 Å². The fraction of sp³-hybridized carbons (Fsp3) is 0.200. The molecular formula is C15H14N4O4S. The maximum atomic E-state index is 11.9. The third-order valence-electron chi connectivity index (χ3n) is 3.26. The molecule has 8 nitrogen and oxygen atoms in total. The van der Waals surface area contributed by atoms with Crippen LogP contribution in [0.15, 0.2) is 29.4 Å². The zero-order valence-electron chi connectivity index (χ0n) is 12.9. The summed E-state index contributed by atoms with van der Waals surface area (Å²) in [6.07, 6.45) is 0. The van der Waals surface area contributed by atoms with Gasteiger partial charge < -0.3 is 14.9 Å². The van der Waals surface area contributed by atoms with Gasteiger partial charge in [-0.1, -0.05) is 23.5 Å². The van der Waals surface area contributed by atoms with Crippen LogP contribution in [0.1, 0.15) is 22.3 Å². The average molecular weight is 346 g/mol. The van der Waals surface area contributed by atoms with Crippen LogP contribution in [0.4, 0.5) is 0 Å². The molecule has 0 radical (unpaired) electrons. The number of hydrogen-bond acceptors (Lipinski definition) is 8. The van der Waals surface area contributed by atoms with Crippen molar-refractivity contribution < 1.29 is 19.7 Å². The number of nitrogens with zero attached hydrogens (tertiary/aromatic N) is 4. The lowest BCUT2D eigenvalue weighted by Crippen LogP contribution is -2.15. The summed E-state index contributed by atoms with van der Waals surface area (Å²) in [5, 5.41) is 33.2. The van der Waals surface area contributed by atoms with Gasteiger partial charge in [0.05, 0.1) is 12.3 Å². The van der Waals surface area contributed by atoms with Crippen LogP contribution < -0.4 is 4.80 Å². The summed E-state index contributed by atoms with van der Waals surface area (Å²) in [5.41, 5.74) is 0.420.